The molecular weight excluding hydrogens is 673 g/mol. The number of carbonyl (C=O) groups excluding carboxylic acids is 1. The van der Waals surface area contributed by atoms with Gasteiger partial charge in [-0.3, -0.25) is 9.99 Å². The maximum absolute atomic E-state index is 13.9. The second-order valence-electron chi connectivity index (χ2n) is 11.4. The standard InChI is InChI=1S/C31H33ClFN5O5S3/c1-31(2,22-7-14-25(15-8-22)45(3,40)41)28-19-34-30(38(28)24-11-9-23(33)10-12-24)44-20-21-6-13-26(18-27(21)32)46(42,43)36-29(39)35-37-16-4-5-17-37/h6-15,18-19H,4-5,16-17,20H2,1-3H3,(H2,35,36,39). The SMILES string of the molecule is CC(C)(c1ccc(S(C)(=O)=O)cc1)c1cnc(SCc2ccc(S(=O)(=O)NC(=O)NN3CCCC3)cc2Cl)n1-c1ccc(F)cc1. The minimum atomic E-state index is -4.16. The predicted molar refractivity (Wildman–Crippen MR) is 176 cm³/mol. The van der Waals surface area contributed by atoms with Gasteiger partial charge in [-0.25, -0.2) is 40.7 Å². The first-order valence-corrected chi connectivity index (χ1v) is 19.0. The Hall–Kier alpha value is -3.43. The molecule has 0 spiro atoms. The Morgan fingerprint density at radius 2 is 1.61 bits per heavy atom. The number of benzene rings is 3. The number of carbonyl (C=O) groups is 1. The van der Waals surface area contributed by atoms with Gasteiger partial charge in [0.15, 0.2) is 15.0 Å². The largest absolute Gasteiger partial charge is 0.343 e. The number of rotatable bonds is 10. The van der Waals surface area contributed by atoms with Crippen molar-refractivity contribution >= 4 is 49.3 Å². The Morgan fingerprint density at radius 3 is 2.22 bits per heavy atom. The van der Waals surface area contributed by atoms with Crippen LogP contribution in [0.2, 0.25) is 5.02 Å². The molecule has 244 valence electrons. The van der Waals surface area contributed by atoms with Gasteiger partial charge in [0.05, 0.1) is 21.7 Å². The fraction of sp³-hybridized carbons (Fsp3) is 0.290. The molecule has 0 bridgehead atoms. The van der Waals surface area contributed by atoms with E-state index in [1.54, 1.807) is 53.7 Å². The highest BCUT2D eigenvalue weighted by Gasteiger charge is 2.30. The quantitative estimate of drug-likeness (QED) is 0.202. The number of thioether (sulfide) groups is 1. The molecule has 2 amide bonds. The highest BCUT2D eigenvalue weighted by Crippen LogP contribution is 2.37. The van der Waals surface area contributed by atoms with Crippen molar-refractivity contribution in [1.82, 2.24) is 24.7 Å². The second kappa shape index (κ2) is 13.4. The summed E-state index contributed by atoms with van der Waals surface area (Å²) in [5, 5.41) is 2.44. The Balaban J connectivity index is 1.39. The molecule has 2 N–H and O–H groups in total. The van der Waals surface area contributed by atoms with Crippen molar-refractivity contribution in [3.05, 3.63) is 101 Å². The summed E-state index contributed by atoms with van der Waals surface area (Å²) in [5.74, 6) is -0.0662. The van der Waals surface area contributed by atoms with E-state index in [9.17, 15) is 26.0 Å². The number of urea groups is 1. The molecule has 1 aliphatic heterocycles. The van der Waals surface area contributed by atoms with Crippen LogP contribution in [0.4, 0.5) is 9.18 Å². The third-order valence-corrected chi connectivity index (χ3v) is 11.6. The van der Waals surface area contributed by atoms with Crippen molar-refractivity contribution in [3.63, 3.8) is 0 Å². The molecule has 1 aromatic heterocycles. The van der Waals surface area contributed by atoms with E-state index in [2.05, 4.69) is 10.4 Å². The van der Waals surface area contributed by atoms with Crippen molar-refractivity contribution in [2.75, 3.05) is 19.3 Å². The summed E-state index contributed by atoms with van der Waals surface area (Å²) in [6, 6.07) is 16.1. The van der Waals surface area contributed by atoms with Gasteiger partial charge in [-0.1, -0.05) is 55.4 Å². The van der Waals surface area contributed by atoms with E-state index in [1.807, 2.05) is 23.1 Å². The van der Waals surface area contributed by atoms with Crippen LogP contribution in [0.3, 0.4) is 0 Å². The van der Waals surface area contributed by atoms with Gasteiger partial charge in [0.2, 0.25) is 0 Å². The van der Waals surface area contributed by atoms with Gasteiger partial charge in [-0.2, -0.15) is 0 Å². The van der Waals surface area contributed by atoms with Crippen molar-refractivity contribution in [2.24, 2.45) is 0 Å². The summed E-state index contributed by atoms with van der Waals surface area (Å²) >= 11 is 7.88. The molecule has 1 saturated heterocycles. The zero-order valence-electron chi connectivity index (χ0n) is 25.3. The van der Waals surface area contributed by atoms with Gasteiger partial charge in [0.25, 0.3) is 10.0 Å². The number of halogens is 2. The molecule has 0 radical (unpaired) electrons. The highest BCUT2D eigenvalue weighted by molar-refractivity contribution is 7.98. The Bertz CT molecular complexity index is 1960. The van der Waals surface area contributed by atoms with E-state index in [1.165, 1.54) is 36.0 Å². The topological polar surface area (TPSA) is 130 Å². The molecule has 0 unspecified atom stereocenters. The normalized spacial score (nSPS) is 14.4. The van der Waals surface area contributed by atoms with Crippen LogP contribution in [0, 0.1) is 5.82 Å². The number of aromatic nitrogens is 2. The second-order valence-corrected chi connectivity index (χ2v) is 16.5. The van der Waals surface area contributed by atoms with Crippen molar-refractivity contribution < 1.29 is 26.0 Å². The van der Waals surface area contributed by atoms with Crippen LogP contribution >= 0.6 is 23.4 Å². The van der Waals surface area contributed by atoms with Gasteiger partial charge in [-0.05, 0) is 72.5 Å². The number of hydrazine groups is 1. The van der Waals surface area contributed by atoms with Crippen LogP contribution in [-0.2, 0) is 31.0 Å². The van der Waals surface area contributed by atoms with Crippen molar-refractivity contribution in [3.8, 4) is 5.69 Å². The van der Waals surface area contributed by atoms with Crippen molar-refractivity contribution in [1.29, 1.82) is 0 Å². The minimum absolute atomic E-state index is 0.151. The molecule has 1 aliphatic rings. The summed E-state index contributed by atoms with van der Waals surface area (Å²) in [7, 11) is -7.53. The average Bonchev–Trinajstić information content (AvgIpc) is 3.67. The monoisotopic (exact) mass is 705 g/mol. The molecule has 5 rings (SSSR count). The third-order valence-electron chi connectivity index (χ3n) is 7.74. The van der Waals surface area contributed by atoms with E-state index in [0.29, 0.717) is 35.2 Å². The molecule has 1 fully saturated rings. The van der Waals surface area contributed by atoms with Crippen LogP contribution in [0.5, 0.6) is 0 Å². The van der Waals surface area contributed by atoms with Gasteiger partial charge in [0, 0.05) is 41.2 Å². The third kappa shape index (κ3) is 7.58. The fourth-order valence-corrected chi connectivity index (χ4v) is 8.06. The number of nitrogens with one attached hydrogen (secondary N) is 2. The maximum atomic E-state index is 13.9. The zero-order valence-corrected chi connectivity index (χ0v) is 28.5. The summed E-state index contributed by atoms with van der Waals surface area (Å²) in [5.41, 5.74) is 4.83. The van der Waals surface area contributed by atoms with E-state index in [-0.39, 0.29) is 20.6 Å². The Kier molecular flexibility index (Phi) is 9.85. The van der Waals surface area contributed by atoms with Gasteiger partial charge >= 0.3 is 6.03 Å². The van der Waals surface area contributed by atoms with Gasteiger partial charge in [-0.15, -0.1) is 0 Å². The molecule has 0 aliphatic carbocycles. The van der Waals surface area contributed by atoms with Crippen LogP contribution < -0.4 is 10.1 Å². The number of amides is 2. The van der Waals surface area contributed by atoms with E-state index in [0.717, 1.165) is 30.4 Å². The first-order chi connectivity index (χ1) is 21.6. The Labute approximate surface area is 277 Å². The maximum Gasteiger partial charge on any atom is 0.343 e. The van der Waals surface area contributed by atoms with Crippen LogP contribution in [-0.4, -0.2) is 56.8 Å². The summed E-state index contributed by atoms with van der Waals surface area (Å²) in [6.07, 6.45) is 4.73. The van der Waals surface area contributed by atoms with Gasteiger partial charge < -0.3 is 0 Å². The first-order valence-electron chi connectivity index (χ1n) is 14.3. The molecule has 0 saturated carbocycles. The number of hydrogen-bond acceptors (Lipinski definition) is 8. The number of hydrogen-bond donors (Lipinski definition) is 2. The molecule has 0 atom stereocenters. The number of sulfone groups is 1. The molecule has 15 heteroatoms. The fourth-order valence-electron chi connectivity index (χ4n) is 5.11. The summed E-state index contributed by atoms with van der Waals surface area (Å²) in [4.78, 5) is 17.0. The predicted octanol–water partition coefficient (Wildman–Crippen LogP) is 5.69. The molecule has 4 aromatic rings. The molecular formula is C31H33ClFN5O5S3. The average molecular weight is 706 g/mol. The molecule has 3 aromatic carbocycles. The zero-order chi connectivity index (χ0) is 33.3. The summed E-state index contributed by atoms with van der Waals surface area (Å²) in [6.45, 7) is 5.29. The molecule has 2 heterocycles. The summed E-state index contributed by atoms with van der Waals surface area (Å²) < 4.78 is 67.5. The smallest absolute Gasteiger partial charge is 0.291 e. The van der Waals surface area contributed by atoms with E-state index in [4.69, 9.17) is 11.6 Å². The van der Waals surface area contributed by atoms with Gasteiger partial charge in [0.1, 0.15) is 5.82 Å². The van der Waals surface area contributed by atoms with E-state index >= 15 is 0 Å². The molecule has 46 heavy (non-hydrogen) atoms. The molecule has 10 nitrogen and oxygen atoms in total. The van der Waals surface area contributed by atoms with Crippen molar-refractivity contribution in [2.45, 2.75) is 52.8 Å². The lowest BCUT2D eigenvalue weighted by Gasteiger charge is -2.27. The lowest BCUT2D eigenvalue weighted by molar-refractivity contribution is 0.202. The van der Waals surface area contributed by atoms with Crippen LogP contribution in [0.25, 0.3) is 5.69 Å². The number of imidazole rings is 1. The number of sulfonamides is 1. The van der Waals surface area contributed by atoms with Crippen LogP contribution in [0.1, 0.15) is 43.5 Å². The highest BCUT2D eigenvalue weighted by atomic mass is 35.5. The van der Waals surface area contributed by atoms with E-state index < -0.39 is 31.3 Å². The lowest BCUT2D eigenvalue weighted by atomic mass is 9.81. The number of nitrogens with zero attached hydrogens (tertiary/aromatic N) is 3. The van der Waals surface area contributed by atoms with Crippen LogP contribution in [0.15, 0.2) is 87.9 Å². The lowest BCUT2D eigenvalue weighted by Crippen LogP contribution is -2.47. The Morgan fingerprint density at radius 1 is 0.978 bits per heavy atom. The minimum Gasteiger partial charge on any atom is -0.291 e. The first kappa shape index (κ1) is 33.9.